The van der Waals surface area contributed by atoms with Crippen LogP contribution in [-0.2, 0) is 0 Å². The Bertz CT molecular complexity index is 444. The van der Waals surface area contributed by atoms with E-state index in [1.807, 2.05) is 0 Å². The third-order valence-electron chi connectivity index (χ3n) is 2.03. The van der Waals surface area contributed by atoms with Gasteiger partial charge in [-0.2, -0.15) is 0 Å². The number of rotatable bonds is 5. The summed E-state index contributed by atoms with van der Waals surface area (Å²) in [4.78, 5) is 20.7. The maximum atomic E-state index is 10.7. The van der Waals surface area contributed by atoms with Gasteiger partial charge in [0.2, 0.25) is 0 Å². The number of aliphatic hydroxyl groups is 1. The summed E-state index contributed by atoms with van der Waals surface area (Å²) in [5.41, 5.74) is -0.451. The summed E-state index contributed by atoms with van der Waals surface area (Å²) >= 11 is 0. The number of nitrogens with one attached hydrogen (secondary N) is 1. The molecule has 0 heterocycles. The maximum absolute atomic E-state index is 10.7. The first-order valence-corrected chi connectivity index (χ1v) is 4.85. The molecular formula is C10H12N2O5. The second-order valence-corrected chi connectivity index (χ2v) is 3.52. The van der Waals surface area contributed by atoms with E-state index in [1.165, 1.54) is 6.07 Å². The van der Waals surface area contributed by atoms with Crippen molar-refractivity contribution in [1.82, 2.24) is 0 Å². The first kappa shape index (κ1) is 12.9. The second kappa shape index (κ2) is 5.26. The highest BCUT2D eigenvalue weighted by Crippen LogP contribution is 2.23. The van der Waals surface area contributed by atoms with Crippen molar-refractivity contribution >= 4 is 17.3 Å². The Morgan fingerprint density at radius 1 is 1.59 bits per heavy atom. The van der Waals surface area contributed by atoms with Crippen LogP contribution in [0.5, 0.6) is 0 Å². The van der Waals surface area contributed by atoms with Gasteiger partial charge in [0.15, 0.2) is 0 Å². The van der Waals surface area contributed by atoms with Gasteiger partial charge in [0.25, 0.3) is 5.69 Å². The van der Waals surface area contributed by atoms with Crippen LogP contribution in [0.2, 0.25) is 0 Å². The number of nitrogens with zero attached hydrogens (tertiary/aromatic N) is 1. The Morgan fingerprint density at radius 2 is 2.24 bits per heavy atom. The van der Waals surface area contributed by atoms with Gasteiger partial charge < -0.3 is 15.5 Å². The van der Waals surface area contributed by atoms with Crippen LogP contribution in [0.4, 0.5) is 11.4 Å². The Labute approximate surface area is 96.8 Å². The molecule has 0 aliphatic heterocycles. The number of hydrogen-bond acceptors (Lipinski definition) is 5. The zero-order chi connectivity index (χ0) is 13.0. The van der Waals surface area contributed by atoms with Crippen molar-refractivity contribution in [3.05, 3.63) is 33.9 Å². The molecule has 0 aromatic heterocycles. The van der Waals surface area contributed by atoms with Crippen molar-refractivity contribution in [2.45, 2.75) is 13.0 Å². The van der Waals surface area contributed by atoms with Crippen molar-refractivity contribution in [2.75, 3.05) is 11.9 Å². The average molecular weight is 240 g/mol. The number of aliphatic hydroxyl groups excluding tert-OH is 1. The molecule has 0 saturated heterocycles. The zero-order valence-corrected chi connectivity index (χ0v) is 9.08. The van der Waals surface area contributed by atoms with Gasteiger partial charge in [-0.05, 0) is 19.1 Å². The highest BCUT2D eigenvalue weighted by Gasteiger charge is 2.19. The number of hydrogen-bond donors (Lipinski definition) is 3. The highest BCUT2D eigenvalue weighted by molar-refractivity contribution is 5.93. The number of benzene rings is 1. The molecule has 1 rings (SSSR count). The number of anilines is 1. The topological polar surface area (TPSA) is 113 Å². The number of carbonyl (C=O) groups is 1. The van der Waals surface area contributed by atoms with Crippen molar-refractivity contribution in [3.63, 3.8) is 0 Å². The maximum Gasteiger partial charge on any atom is 0.342 e. The highest BCUT2D eigenvalue weighted by atomic mass is 16.6. The predicted molar refractivity (Wildman–Crippen MR) is 60.2 cm³/mol. The Hall–Kier alpha value is -2.15. The lowest BCUT2D eigenvalue weighted by Crippen LogP contribution is -2.15. The van der Waals surface area contributed by atoms with E-state index in [1.54, 1.807) is 6.92 Å². The number of carboxylic acid groups (broad SMARTS) is 1. The Kier molecular flexibility index (Phi) is 4.00. The molecule has 0 bridgehead atoms. The molecule has 92 valence electrons. The molecule has 1 aromatic rings. The minimum atomic E-state index is -1.35. The van der Waals surface area contributed by atoms with Gasteiger partial charge in [-0.1, -0.05) is 0 Å². The molecule has 1 atom stereocenters. The summed E-state index contributed by atoms with van der Waals surface area (Å²) in [5.74, 6) is -1.35. The summed E-state index contributed by atoms with van der Waals surface area (Å²) in [5, 5.41) is 31.2. The summed E-state index contributed by atoms with van der Waals surface area (Å²) in [6, 6.07) is 3.70. The molecule has 0 aliphatic carbocycles. The molecule has 17 heavy (non-hydrogen) atoms. The van der Waals surface area contributed by atoms with Crippen molar-refractivity contribution < 1.29 is 19.9 Å². The molecule has 0 radical (unpaired) electrons. The SMILES string of the molecule is CC(O)CNc1ccc(C(=O)O)c([N+](=O)[O-])c1. The quantitative estimate of drug-likeness (QED) is 0.524. The summed E-state index contributed by atoms with van der Waals surface area (Å²) in [7, 11) is 0. The minimum absolute atomic E-state index is 0.226. The molecule has 0 spiro atoms. The van der Waals surface area contributed by atoms with Gasteiger partial charge in [-0.25, -0.2) is 4.79 Å². The second-order valence-electron chi connectivity index (χ2n) is 3.52. The first-order chi connectivity index (χ1) is 7.91. The Morgan fingerprint density at radius 3 is 2.71 bits per heavy atom. The van der Waals surface area contributed by atoms with E-state index in [4.69, 9.17) is 10.2 Å². The van der Waals surface area contributed by atoms with E-state index in [-0.39, 0.29) is 12.1 Å². The van der Waals surface area contributed by atoms with Gasteiger partial charge >= 0.3 is 5.97 Å². The fraction of sp³-hybridized carbons (Fsp3) is 0.300. The molecule has 0 fully saturated rings. The van der Waals surface area contributed by atoms with Gasteiger partial charge in [0.05, 0.1) is 11.0 Å². The minimum Gasteiger partial charge on any atom is -0.477 e. The largest absolute Gasteiger partial charge is 0.477 e. The molecule has 1 unspecified atom stereocenters. The van der Waals surface area contributed by atoms with Gasteiger partial charge in [0.1, 0.15) is 5.56 Å². The van der Waals surface area contributed by atoms with Crippen LogP contribution in [0.1, 0.15) is 17.3 Å². The van der Waals surface area contributed by atoms with Crippen LogP contribution in [0, 0.1) is 10.1 Å². The normalized spacial score (nSPS) is 11.9. The first-order valence-electron chi connectivity index (χ1n) is 4.85. The third kappa shape index (κ3) is 3.42. The van der Waals surface area contributed by atoms with E-state index < -0.39 is 22.7 Å². The average Bonchev–Trinajstić information content (AvgIpc) is 2.25. The summed E-state index contributed by atoms with van der Waals surface area (Å²) in [6.07, 6.45) is -0.604. The van der Waals surface area contributed by atoms with E-state index >= 15 is 0 Å². The monoisotopic (exact) mass is 240 g/mol. The Balaban J connectivity index is 3.02. The summed E-state index contributed by atoms with van der Waals surface area (Å²) < 4.78 is 0. The van der Waals surface area contributed by atoms with Crippen LogP contribution in [0.15, 0.2) is 18.2 Å². The van der Waals surface area contributed by atoms with Gasteiger partial charge in [-0.15, -0.1) is 0 Å². The molecular weight excluding hydrogens is 228 g/mol. The third-order valence-corrected chi connectivity index (χ3v) is 2.03. The molecule has 0 aliphatic rings. The van der Waals surface area contributed by atoms with Crippen LogP contribution < -0.4 is 5.32 Å². The van der Waals surface area contributed by atoms with Crippen LogP contribution in [0.25, 0.3) is 0 Å². The fourth-order valence-electron chi connectivity index (χ4n) is 1.24. The van der Waals surface area contributed by atoms with E-state index in [9.17, 15) is 14.9 Å². The van der Waals surface area contributed by atoms with Gasteiger partial charge in [-0.3, -0.25) is 10.1 Å². The van der Waals surface area contributed by atoms with E-state index in [0.29, 0.717) is 5.69 Å². The lowest BCUT2D eigenvalue weighted by molar-refractivity contribution is -0.385. The molecule has 3 N–H and O–H groups in total. The zero-order valence-electron chi connectivity index (χ0n) is 9.08. The number of nitro groups is 1. The molecule has 7 nitrogen and oxygen atoms in total. The van der Waals surface area contributed by atoms with Crippen molar-refractivity contribution in [3.8, 4) is 0 Å². The van der Waals surface area contributed by atoms with Crippen LogP contribution in [0.3, 0.4) is 0 Å². The fourth-order valence-corrected chi connectivity index (χ4v) is 1.24. The van der Waals surface area contributed by atoms with E-state index in [2.05, 4.69) is 5.32 Å². The van der Waals surface area contributed by atoms with Gasteiger partial charge in [0, 0.05) is 18.3 Å². The molecule has 7 heteroatoms. The number of carboxylic acids is 1. The van der Waals surface area contributed by atoms with Crippen LogP contribution in [-0.4, -0.2) is 33.8 Å². The standard InChI is InChI=1S/C10H12N2O5/c1-6(13)5-11-7-2-3-8(10(14)15)9(4-7)12(16)17/h2-4,6,11,13H,5H2,1H3,(H,14,15). The van der Waals surface area contributed by atoms with Crippen LogP contribution >= 0.6 is 0 Å². The molecule has 0 saturated carbocycles. The van der Waals surface area contributed by atoms with Crippen molar-refractivity contribution in [1.29, 1.82) is 0 Å². The number of nitro benzene ring substituents is 1. The predicted octanol–water partition coefficient (Wildman–Crippen LogP) is 1.09. The van der Waals surface area contributed by atoms with Crippen molar-refractivity contribution in [2.24, 2.45) is 0 Å². The molecule has 1 aromatic carbocycles. The smallest absolute Gasteiger partial charge is 0.342 e. The lowest BCUT2D eigenvalue weighted by atomic mass is 10.1. The summed E-state index contributed by atoms with van der Waals surface area (Å²) in [6.45, 7) is 1.79. The molecule has 0 amide bonds. The number of aromatic carboxylic acids is 1. The van der Waals surface area contributed by atoms with E-state index in [0.717, 1.165) is 12.1 Å². The lowest BCUT2D eigenvalue weighted by Gasteiger charge is -2.08.